The number of ether oxygens (including phenoxy) is 2. The van der Waals surface area contributed by atoms with Crippen LogP contribution in [0.3, 0.4) is 0 Å². The van der Waals surface area contributed by atoms with Crippen LogP contribution in [0.5, 0.6) is 0 Å². The lowest BCUT2D eigenvalue weighted by molar-refractivity contribution is -0.0597. The molecule has 0 radical (unpaired) electrons. The molecule has 10 heavy (non-hydrogen) atoms. The Morgan fingerprint density at radius 3 is 2.80 bits per heavy atom. The van der Waals surface area contributed by atoms with E-state index in [1.165, 1.54) is 6.42 Å². The molecular weight excluding hydrogens is 243 g/mol. The van der Waals surface area contributed by atoms with Crippen molar-refractivity contribution in [2.75, 3.05) is 6.61 Å². The number of halogens is 1. The molecule has 3 heteroatoms. The van der Waals surface area contributed by atoms with Crippen LogP contribution in [0.4, 0.5) is 0 Å². The Labute approximate surface area is 75.4 Å². The lowest BCUT2D eigenvalue weighted by Gasteiger charge is -2.14. The normalized spacial score (nSPS) is 40.5. The molecule has 2 nitrogen and oxygen atoms in total. The van der Waals surface area contributed by atoms with Crippen LogP contribution in [-0.4, -0.2) is 16.5 Å². The van der Waals surface area contributed by atoms with Gasteiger partial charge in [0, 0.05) is 0 Å². The Morgan fingerprint density at radius 2 is 2.40 bits per heavy atom. The summed E-state index contributed by atoms with van der Waals surface area (Å²) in [5, 5.41) is 0. The first-order valence-electron chi connectivity index (χ1n) is 3.65. The lowest BCUT2D eigenvalue weighted by atomic mass is 10.2. The Hall–Kier alpha value is 0.650. The van der Waals surface area contributed by atoms with Gasteiger partial charge in [-0.15, -0.1) is 0 Å². The van der Waals surface area contributed by atoms with Crippen molar-refractivity contribution in [3.63, 3.8) is 0 Å². The van der Waals surface area contributed by atoms with Crippen molar-refractivity contribution in [3.8, 4) is 0 Å². The van der Waals surface area contributed by atoms with Gasteiger partial charge in [0.15, 0.2) is 0 Å². The fraction of sp³-hybridized carbons (Fsp3) is 1.00. The summed E-state index contributed by atoms with van der Waals surface area (Å²) in [7, 11) is 0. The van der Waals surface area contributed by atoms with E-state index >= 15 is 0 Å². The van der Waals surface area contributed by atoms with Crippen molar-refractivity contribution in [3.05, 3.63) is 0 Å². The quantitative estimate of drug-likeness (QED) is 0.557. The molecule has 0 aromatic heterocycles. The predicted molar refractivity (Wildman–Crippen MR) is 48.2 cm³/mol. The van der Waals surface area contributed by atoms with E-state index in [1.54, 1.807) is 0 Å². The van der Waals surface area contributed by atoms with Crippen LogP contribution in [0.1, 0.15) is 26.7 Å². The zero-order valence-corrected chi connectivity index (χ0v) is 8.55. The van der Waals surface area contributed by atoms with Gasteiger partial charge < -0.3 is 9.47 Å². The van der Waals surface area contributed by atoms with Gasteiger partial charge in [-0.2, -0.15) is 0 Å². The maximum Gasteiger partial charge on any atom is 0.218 e. The van der Waals surface area contributed by atoms with Gasteiger partial charge in [-0.1, -0.05) is 13.3 Å². The molecular formula is C7H13IO2. The van der Waals surface area contributed by atoms with E-state index in [0.717, 1.165) is 13.0 Å². The SMILES string of the molecule is CCCC1COC(C)(I)O1. The van der Waals surface area contributed by atoms with E-state index in [1.807, 2.05) is 6.92 Å². The molecule has 0 spiro atoms. The standard InChI is InChI=1S/C7H13IO2/c1-3-4-6-5-9-7(2,8)10-6/h6H,3-5H2,1-2H3. The fourth-order valence-electron chi connectivity index (χ4n) is 1.07. The van der Waals surface area contributed by atoms with Crippen molar-refractivity contribution in [1.29, 1.82) is 0 Å². The zero-order chi connectivity index (χ0) is 7.61. The van der Waals surface area contributed by atoms with Gasteiger partial charge in [0.25, 0.3) is 0 Å². The second-order valence-electron chi connectivity index (χ2n) is 2.67. The largest absolute Gasteiger partial charge is 0.339 e. The number of hydrogen-bond acceptors (Lipinski definition) is 2. The molecule has 2 atom stereocenters. The minimum absolute atomic E-state index is 0.326. The van der Waals surface area contributed by atoms with Crippen molar-refractivity contribution < 1.29 is 9.47 Å². The summed E-state index contributed by atoms with van der Waals surface area (Å²) in [5.74, 6) is 0. The van der Waals surface area contributed by atoms with Crippen molar-refractivity contribution >= 4 is 22.6 Å². The fourth-order valence-corrected chi connectivity index (χ4v) is 1.61. The van der Waals surface area contributed by atoms with Gasteiger partial charge >= 0.3 is 0 Å². The minimum Gasteiger partial charge on any atom is -0.339 e. The molecule has 0 saturated carbocycles. The van der Waals surface area contributed by atoms with E-state index in [2.05, 4.69) is 29.5 Å². The van der Waals surface area contributed by atoms with Gasteiger partial charge in [-0.05, 0) is 35.9 Å². The maximum absolute atomic E-state index is 5.55. The molecule has 1 aliphatic heterocycles. The van der Waals surface area contributed by atoms with Gasteiger partial charge in [-0.3, -0.25) is 0 Å². The maximum atomic E-state index is 5.55. The van der Waals surface area contributed by atoms with E-state index in [-0.39, 0.29) is 3.79 Å². The van der Waals surface area contributed by atoms with Gasteiger partial charge in [0.05, 0.1) is 12.7 Å². The molecule has 60 valence electrons. The third-order valence-corrected chi connectivity index (χ3v) is 2.08. The van der Waals surface area contributed by atoms with E-state index in [9.17, 15) is 0 Å². The second-order valence-corrected chi connectivity index (χ2v) is 4.63. The molecule has 2 unspecified atom stereocenters. The van der Waals surface area contributed by atoms with E-state index < -0.39 is 0 Å². The highest BCUT2D eigenvalue weighted by atomic mass is 127. The molecule has 0 amide bonds. The summed E-state index contributed by atoms with van der Waals surface area (Å²) in [6, 6.07) is 0. The minimum atomic E-state index is -0.363. The van der Waals surface area contributed by atoms with E-state index in [4.69, 9.17) is 9.47 Å². The number of alkyl halides is 1. The van der Waals surface area contributed by atoms with Gasteiger partial charge in [-0.25, -0.2) is 0 Å². The summed E-state index contributed by atoms with van der Waals surface area (Å²) in [4.78, 5) is 0. The molecule has 0 aromatic rings. The highest BCUT2D eigenvalue weighted by Gasteiger charge is 2.33. The van der Waals surface area contributed by atoms with E-state index in [0.29, 0.717) is 6.10 Å². The van der Waals surface area contributed by atoms with Gasteiger partial charge in [0.2, 0.25) is 3.79 Å². The Morgan fingerprint density at radius 1 is 1.70 bits per heavy atom. The zero-order valence-electron chi connectivity index (χ0n) is 6.39. The summed E-state index contributed by atoms with van der Waals surface area (Å²) in [5.41, 5.74) is 0. The molecule has 1 rings (SSSR count). The summed E-state index contributed by atoms with van der Waals surface area (Å²) >= 11 is 2.18. The summed E-state index contributed by atoms with van der Waals surface area (Å²) < 4.78 is 10.6. The van der Waals surface area contributed by atoms with Gasteiger partial charge in [0.1, 0.15) is 0 Å². The predicted octanol–water partition coefficient (Wildman–Crippen LogP) is 2.31. The molecule has 1 saturated heterocycles. The van der Waals surface area contributed by atoms with Crippen LogP contribution in [0.2, 0.25) is 0 Å². The van der Waals surface area contributed by atoms with Crippen LogP contribution in [0, 0.1) is 0 Å². The first kappa shape index (κ1) is 8.74. The highest BCUT2D eigenvalue weighted by molar-refractivity contribution is 14.1. The molecule has 0 bridgehead atoms. The summed E-state index contributed by atoms with van der Waals surface area (Å²) in [6.07, 6.45) is 2.60. The lowest BCUT2D eigenvalue weighted by Crippen LogP contribution is -2.17. The smallest absolute Gasteiger partial charge is 0.218 e. The van der Waals surface area contributed by atoms with Crippen LogP contribution < -0.4 is 0 Å². The molecule has 0 aliphatic carbocycles. The van der Waals surface area contributed by atoms with Crippen LogP contribution in [0.25, 0.3) is 0 Å². The number of hydrogen-bond donors (Lipinski definition) is 0. The Bertz CT molecular complexity index is 114. The third kappa shape index (κ3) is 2.36. The van der Waals surface area contributed by atoms with Crippen LogP contribution >= 0.6 is 22.6 Å². The average Bonchev–Trinajstić information content (AvgIpc) is 2.12. The Balaban J connectivity index is 2.29. The third-order valence-electron chi connectivity index (χ3n) is 1.51. The molecule has 1 fully saturated rings. The van der Waals surface area contributed by atoms with Crippen molar-refractivity contribution in [2.24, 2.45) is 0 Å². The number of rotatable bonds is 2. The van der Waals surface area contributed by atoms with Crippen LogP contribution in [0.15, 0.2) is 0 Å². The molecule has 0 aromatic carbocycles. The second kappa shape index (κ2) is 3.36. The van der Waals surface area contributed by atoms with Crippen molar-refractivity contribution in [2.45, 2.75) is 36.6 Å². The average molecular weight is 256 g/mol. The van der Waals surface area contributed by atoms with Crippen molar-refractivity contribution in [1.82, 2.24) is 0 Å². The monoisotopic (exact) mass is 256 g/mol. The highest BCUT2D eigenvalue weighted by Crippen LogP contribution is 2.31. The first-order chi connectivity index (χ1) is 4.64. The first-order valence-corrected chi connectivity index (χ1v) is 4.72. The summed E-state index contributed by atoms with van der Waals surface area (Å²) in [6.45, 7) is 4.86. The Kier molecular flexibility index (Phi) is 2.94. The molecule has 1 heterocycles. The topological polar surface area (TPSA) is 18.5 Å². The molecule has 0 N–H and O–H groups in total. The van der Waals surface area contributed by atoms with Crippen LogP contribution in [-0.2, 0) is 9.47 Å². The molecule has 1 aliphatic rings.